The van der Waals surface area contributed by atoms with Gasteiger partial charge >= 0.3 is 12.1 Å². The number of amides is 1. The molecule has 0 saturated heterocycles. The van der Waals surface area contributed by atoms with E-state index in [1.165, 1.54) is 0 Å². The first kappa shape index (κ1) is 14.5. The van der Waals surface area contributed by atoms with Crippen LogP contribution in [0.1, 0.15) is 40.5 Å². The van der Waals surface area contributed by atoms with Gasteiger partial charge < -0.3 is 14.7 Å². The van der Waals surface area contributed by atoms with Crippen LogP contribution in [0, 0.1) is 0 Å². The number of aliphatic carboxylic acids is 1. The van der Waals surface area contributed by atoms with E-state index in [0.717, 1.165) is 0 Å². The Bertz CT molecular complexity index is 368. The van der Waals surface area contributed by atoms with Gasteiger partial charge in [-0.1, -0.05) is 13.0 Å². The van der Waals surface area contributed by atoms with Crippen LogP contribution in [-0.2, 0) is 9.53 Å². The molecule has 1 aliphatic rings. The van der Waals surface area contributed by atoms with Crippen molar-refractivity contribution in [2.24, 2.45) is 0 Å². The Morgan fingerprint density at radius 1 is 1.50 bits per heavy atom. The number of carboxylic acid groups (broad SMARTS) is 1. The predicted molar refractivity (Wildman–Crippen MR) is 67.4 cm³/mol. The van der Waals surface area contributed by atoms with E-state index in [1.54, 1.807) is 11.0 Å². The molecule has 0 saturated carbocycles. The third-order valence-electron chi connectivity index (χ3n) is 2.80. The lowest BCUT2D eigenvalue weighted by atomic mass is 9.98. The highest BCUT2D eigenvalue weighted by Gasteiger charge is 2.31. The molecule has 0 aromatic rings. The first-order chi connectivity index (χ1) is 8.24. The van der Waals surface area contributed by atoms with Crippen LogP contribution in [0.15, 0.2) is 11.6 Å². The molecule has 1 unspecified atom stereocenters. The van der Waals surface area contributed by atoms with Crippen LogP contribution in [0.25, 0.3) is 0 Å². The van der Waals surface area contributed by atoms with Crippen molar-refractivity contribution in [3.63, 3.8) is 0 Å². The van der Waals surface area contributed by atoms with Gasteiger partial charge in [-0.2, -0.15) is 0 Å². The maximum absolute atomic E-state index is 12.0. The van der Waals surface area contributed by atoms with Crippen LogP contribution in [0.5, 0.6) is 0 Å². The van der Waals surface area contributed by atoms with Crippen LogP contribution in [0.4, 0.5) is 4.79 Å². The monoisotopic (exact) mass is 255 g/mol. The average molecular weight is 255 g/mol. The second kappa shape index (κ2) is 5.42. The molecule has 1 aliphatic heterocycles. The van der Waals surface area contributed by atoms with Crippen molar-refractivity contribution >= 4 is 12.1 Å². The van der Waals surface area contributed by atoms with Crippen LogP contribution in [0.3, 0.4) is 0 Å². The average Bonchev–Trinajstić information content (AvgIpc) is 2.25. The summed E-state index contributed by atoms with van der Waals surface area (Å²) in [6.07, 6.45) is 2.29. The molecule has 0 aromatic carbocycles. The number of ether oxygens (including phenoxy) is 1. The van der Waals surface area contributed by atoms with Crippen LogP contribution in [-0.4, -0.2) is 40.3 Å². The summed E-state index contributed by atoms with van der Waals surface area (Å²) in [7, 11) is 0. The first-order valence-corrected chi connectivity index (χ1v) is 6.16. The summed E-state index contributed by atoms with van der Waals surface area (Å²) in [6.45, 7) is 7.68. The standard InChI is InChI=1S/C13H21NO4/c1-5-10-8-9(11(15)16)6-7-14(10)12(17)18-13(2,3)4/h6,10H,5,7-8H2,1-4H3,(H,15,16). The van der Waals surface area contributed by atoms with Gasteiger partial charge in [0.1, 0.15) is 5.60 Å². The Morgan fingerprint density at radius 2 is 2.11 bits per heavy atom. The third kappa shape index (κ3) is 3.75. The minimum Gasteiger partial charge on any atom is -0.478 e. The molecule has 18 heavy (non-hydrogen) atoms. The molecule has 0 fully saturated rings. The summed E-state index contributed by atoms with van der Waals surface area (Å²) in [5.74, 6) is -0.905. The molecular formula is C13H21NO4. The number of carbonyl (C=O) groups is 2. The van der Waals surface area contributed by atoms with Gasteiger partial charge in [-0.3, -0.25) is 0 Å². The largest absolute Gasteiger partial charge is 0.478 e. The lowest BCUT2D eigenvalue weighted by Crippen LogP contribution is -2.45. The molecule has 0 radical (unpaired) electrons. The quantitative estimate of drug-likeness (QED) is 0.822. The maximum Gasteiger partial charge on any atom is 0.410 e. The molecule has 5 nitrogen and oxygen atoms in total. The Labute approximate surface area is 107 Å². The van der Waals surface area contributed by atoms with Gasteiger partial charge in [0.05, 0.1) is 0 Å². The number of carbonyl (C=O) groups excluding carboxylic acids is 1. The van der Waals surface area contributed by atoms with Gasteiger partial charge in [0.15, 0.2) is 0 Å². The summed E-state index contributed by atoms with van der Waals surface area (Å²) >= 11 is 0. The number of hydrogen-bond acceptors (Lipinski definition) is 3. The zero-order valence-corrected chi connectivity index (χ0v) is 11.4. The Morgan fingerprint density at radius 3 is 2.56 bits per heavy atom. The molecular weight excluding hydrogens is 234 g/mol. The molecule has 0 bridgehead atoms. The van der Waals surface area contributed by atoms with Gasteiger partial charge in [0.2, 0.25) is 0 Å². The molecule has 0 aliphatic carbocycles. The minimum absolute atomic E-state index is 0.101. The summed E-state index contributed by atoms with van der Waals surface area (Å²) in [5, 5.41) is 8.96. The van der Waals surface area contributed by atoms with E-state index in [2.05, 4.69) is 0 Å². The molecule has 1 atom stereocenters. The van der Waals surface area contributed by atoms with Crippen LogP contribution < -0.4 is 0 Å². The lowest BCUT2D eigenvalue weighted by Gasteiger charge is -2.35. The smallest absolute Gasteiger partial charge is 0.410 e. The highest BCUT2D eigenvalue weighted by molar-refractivity contribution is 5.87. The normalized spacial score (nSPS) is 20.3. The summed E-state index contributed by atoms with van der Waals surface area (Å²) in [4.78, 5) is 24.5. The Kier molecular flexibility index (Phi) is 4.38. The fourth-order valence-corrected chi connectivity index (χ4v) is 1.89. The van der Waals surface area contributed by atoms with Gasteiger partial charge in [0, 0.05) is 18.2 Å². The van der Waals surface area contributed by atoms with Crippen molar-refractivity contribution in [1.29, 1.82) is 0 Å². The fourth-order valence-electron chi connectivity index (χ4n) is 1.89. The van der Waals surface area contributed by atoms with E-state index in [4.69, 9.17) is 9.84 Å². The van der Waals surface area contributed by atoms with Crippen molar-refractivity contribution in [2.45, 2.75) is 52.2 Å². The SMILES string of the molecule is CCC1CC(C(=O)O)=CCN1C(=O)OC(C)(C)C. The van der Waals surface area contributed by atoms with Crippen molar-refractivity contribution < 1.29 is 19.4 Å². The highest BCUT2D eigenvalue weighted by atomic mass is 16.6. The zero-order chi connectivity index (χ0) is 13.9. The molecule has 1 rings (SSSR count). The number of nitrogens with zero attached hydrogens (tertiary/aromatic N) is 1. The fraction of sp³-hybridized carbons (Fsp3) is 0.692. The van der Waals surface area contributed by atoms with Crippen molar-refractivity contribution in [2.75, 3.05) is 6.54 Å². The van der Waals surface area contributed by atoms with Gasteiger partial charge in [-0.25, -0.2) is 9.59 Å². The number of rotatable bonds is 2. The van der Waals surface area contributed by atoms with Gasteiger partial charge in [0.25, 0.3) is 0 Å². The third-order valence-corrected chi connectivity index (χ3v) is 2.80. The zero-order valence-electron chi connectivity index (χ0n) is 11.4. The maximum atomic E-state index is 12.0. The van der Waals surface area contributed by atoms with E-state index >= 15 is 0 Å². The van der Waals surface area contributed by atoms with Crippen molar-refractivity contribution in [1.82, 2.24) is 4.90 Å². The molecule has 0 spiro atoms. The Hall–Kier alpha value is -1.52. The molecule has 1 heterocycles. The predicted octanol–water partition coefficient (Wildman–Crippen LogP) is 2.42. The Balaban J connectivity index is 2.78. The first-order valence-electron chi connectivity index (χ1n) is 6.16. The number of hydrogen-bond donors (Lipinski definition) is 1. The molecule has 5 heteroatoms. The van der Waals surface area contributed by atoms with Crippen LogP contribution in [0.2, 0.25) is 0 Å². The minimum atomic E-state index is -0.905. The van der Waals surface area contributed by atoms with E-state index in [9.17, 15) is 9.59 Å². The summed E-state index contributed by atoms with van der Waals surface area (Å²) < 4.78 is 5.32. The molecule has 1 amide bonds. The molecule has 0 aromatic heterocycles. The summed E-state index contributed by atoms with van der Waals surface area (Å²) in [5.41, 5.74) is -0.159. The number of carboxylic acids is 1. The van der Waals surface area contributed by atoms with Crippen LogP contribution >= 0.6 is 0 Å². The van der Waals surface area contributed by atoms with Crippen molar-refractivity contribution in [3.05, 3.63) is 11.6 Å². The van der Waals surface area contributed by atoms with Crippen molar-refractivity contribution in [3.8, 4) is 0 Å². The molecule has 102 valence electrons. The van der Waals surface area contributed by atoms with E-state index < -0.39 is 11.6 Å². The summed E-state index contributed by atoms with van der Waals surface area (Å²) in [6, 6.07) is -0.101. The lowest BCUT2D eigenvalue weighted by molar-refractivity contribution is -0.133. The molecule has 1 N–H and O–H groups in total. The van der Waals surface area contributed by atoms with Gasteiger partial charge in [-0.15, -0.1) is 0 Å². The topological polar surface area (TPSA) is 66.8 Å². The second-order valence-electron chi connectivity index (χ2n) is 5.43. The highest BCUT2D eigenvalue weighted by Crippen LogP contribution is 2.22. The second-order valence-corrected chi connectivity index (χ2v) is 5.43. The van der Waals surface area contributed by atoms with E-state index in [1.807, 2.05) is 27.7 Å². The van der Waals surface area contributed by atoms with Gasteiger partial charge in [-0.05, 0) is 33.6 Å². The van der Waals surface area contributed by atoms with E-state index in [-0.39, 0.29) is 12.1 Å². The van der Waals surface area contributed by atoms with E-state index in [0.29, 0.717) is 25.0 Å².